The quantitative estimate of drug-likeness (QED) is 0.875. The van der Waals surface area contributed by atoms with Crippen LogP contribution in [0.15, 0.2) is 48.5 Å². The first-order valence-corrected chi connectivity index (χ1v) is 6.92. The highest BCUT2D eigenvalue weighted by atomic mass is 16.1. The Morgan fingerprint density at radius 2 is 1.85 bits per heavy atom. The van der Waals surface area contributed by atoms with Gasteiger partial charge in [-0.05, 0) is 54.8 Å². The first-order chi connectivity index (χ1) is 9.72. The van der Waals surface area contributed by atoms with Gasteiger partial charge in [-0.2, -0.15) is 0 Å². The van der Waals surface area contributed by atoms with E-state index in [0.29, 0.717) is 12.1 Å². The second-order valence-corrected chi connectivity index (χ2v) is 4.74. The van der Waals surface area contributed by atoms with E-state index in [2.05, 4.69) is 12.2 Å². The Balaban J connectivity index is 2.08. The molecule has 2 aromatic rings. The van der Waals surface area contributed by atoms with E-state index in [-0.39, 0.29) is 5.91 Å². The molecule has 0 aliphatic rings. The van der Waals surface area contributed by atoms with Crippen LogP contribution in [0.3, 0.4) is 0 Å². The molecule has 0 radical (unpaired) electrons. The van der Waals surface area contributed by atoms with Crippen LogP contribution in [0.4, 0.5) is 5.69 Å². The van der Waals surface area contributed by atoms with Gasteiger partial charge in [0.1, 0.15) is 0 Å². The highest BCUT2D eigenvalue weighted by Crippen LogP contribution is 2.13. The molecular weight excluding hydrogens is 248 g/mol. The third kappa shape index (κ3) is 3.68. The molecule has 3 heteroatoms. The summed E-state index contributed by atoms with van der Waals surface area (Å²) in [5.74, 6) is -0.0897. The Hall–Kier alpha value is -2.13. The fraction of sp³-hybridized carbons (Fsp3) is 0.235. The number of rotatable bonds is 5. The monoisotopic (exact) mass is 268 g/mol. The number of carbonyl (C=O) groups is 1. The largest absolute Gasteiger partial charge is 0.330 e. The molecule has 0 atom stereocenters. The zero-order valence-corrected chi connectivity index (χ0v) is 11.7. The lowest BCUT2D eigenvalue weighted by molar-refractivity contribution is 0.102. The van der Waals surface area contributed by atoms with Gasteiger partial charge < -0.3 is 11.1 Å². The second-order valence-electron chi connectivity index (χ2n) is 4.74. The average Bonchev–Trinajstić information content (AvgIpc) is 2.48. The summed E-state index contributed by atoms with van der Waals surface area (Å²) in [5.41, 5.74) is 9.36. The van der Waals surface area contributed by atoms with Crippen LogP contribution in [-0.2, 0) is 12.8 Å². The zero-order chi connectivity index (χ0) is 14.4. The fourth-order valence-corrected chi connectivity index (χ4v) is 2.06. The number of carbonyl (C=O) groups excluding carboxylic acids is 1. The molecule has 20 heavy (non-hydrogen) atoms. The van der Waals surface area contributed by atoms with Crippen molar-refractivity contribution in [1.29, 1.82) is 0 Å². The number of anilines is 1. The van der Waals surface area contributed by atoms with Gasteiger partial charge in [0.2, 0.25) is 0 Å². The molecule has 0 unspecified atom stereocenters. The van der Waals surface area contributed by atoms with Crippen molar-refractivity contribution in [2.45, 2.75) is 19.8 Å². The number of hydrogen-bond donors (Lipinski definition) is 2. The Bertz CT molecular complexity index is 576. The summed E-state index contributed by atoms with van der Waals surface area (Å²) in [6, 6.07) is 15.5. The first-order valence-electron chi connectivity index (χ1n) is 6.92. The molecule has 1 amide bonds. The van der Waals surface area contributed by atoms with Crippen molar-refractivity contribution in [3.8, 4) is 0 Å². The predicted molar refractivity (Wildman–Crippen MR) is 83.0 cm³/mol. The molecule has 104 valence electrons. The lowest BCUT2D eigenvalue weighted by Crippen LogP contribution is -2.12. The molecule has 0 heterocycles. The van der Waals surface area contributed by atoms with Crippen LogP contribution >= 0.6 is 0 Å². The van der Waals surface area contributed by atoms with Gasteiger partial charge in [0, 0.05) is 11.3 Å². The van der Waals surface area contributed by atoms with E-state index >= 15 is 0 Å². The van der Waals surface area contributed by atoms with Crippen molar-refractivity contribution in [3.63, 3.8) is 0 Å². The number of hydrogen-bond acceptors (Lipinski definition) is 2. The Labute approximate surface area is 119 Å². The van der Waals surface area contributed by atoms with E-state index in [1.165, 1.54) is 5.56 Å². The summed E-state index contributed by atoms with van der Waals surface area (Å²) in [5, 5.41) is 2.91. The van der Waals surface area contributed by atoms with E-state index < -0.39 is 0 Å². The molecule has 3 nitrogen and oxygen atoms in total. The topological polar surface area (TPSA) is 55.1 Å². The molecule has 0 saturated heterocycles. The van der Waals surface area contributed by atoms with Crippen molar-refractivity contribution in [2.75, 3.05) is 11.9 Å². The van der Waals surface area contributed by atoms with Crippen LogP contribution in [0.2, 0.25) is 0 Å². The average molecular weight is 268 g/mol. The SMILES string of the molecule is CCc1ccc(NC(=O)c2cccc(CCN)c2)cc1. The van der Waals surface area contributed by atoms with Crippen LogP contribution in [-0.4, -0.2) is 12.5 Å². The van der Waals surface area contributed by atoms with Gasteiger partial charge in [0.25, 0.3) is 5.91 Å². The van der Waals surface area contributed by atoms with E-state index in [1.807, 2.05) is 48.5 Å². The maximum atomic E-state index is 12.2. The molecule has 2 rings (SSSR count). The molecule has 0 spiro atoms. The van der Waals surface area contributed by atoms with Crippen LogP contribution in [0, 0.1) is 0 Å². The number of benzene rings is 2. The summed E-state index contributed by atoms with van der Waals surface area (Å²) in [4.78, 5) is 12.2. The van der Waals surface area contributed by atoms with Crippen molar-refractivity contribution in [1.82, 2.24) is 0 Å². The Kier molecular flexibility index (Phi) is 4.91. The lowest BCUT2D eigenvalue weighted by atomic mass is 10.1. The van der Waals surface area contributed by atoms with Crippen LogP contribution in [0.1, 0.15) is 28.4 Å². The number of nitrogens with one attached hydrogen (secondary N) is 1. The molecule has 0 fully saturated rings. The van der Waals surface area contributed by atoms with Crippen LogP contribution in [0.25, 0.3) is 0 Å². The Morgan fingerprint density at radius 1 is 1.10 bits per heavy atom. The Morgan fingerprint density at radius 3 is 2.50 bits per heavy atom. The fourth-order valence-electron chi connectivity index (χ4n) is 2.06. The van der Waals surface area contributed by atoms with E-state index in [0.717, 1.165) is 24.1 Å². The lowest BCUT2D eigenvalue weighted by Gasteiger charge is -2.07. The number of amides is 1. The van der Waals surface area contributed by atoms with Crippen LogP contribution in [0.5, 0.6) is 0 Å². The highest BCUT2D eigenvalue weighted by Gasteiger charge is 2.06. The zero-order valence-electron chi connectivity index (χ0n) is 11.7. The van der Waals surface area contributed by atoms with Gasteiger partial charge >= 0.3 is 0 Å². The summed E-state index contributed by atoms with van der Waals surface area (Å²) in [6.07, 6.45) is 1.78. The minimum atomic E-state index is -0.0897. The molecule has 0 saturated carbocycles. The third-order valence-electron chi connectivity index (χ3n) is 3.24. The van der Waals surface area contributed by atoms with Gasteiger partial charge in [0.05, 0.1) is 0 Å². The minimum absolute atomic E-state index is 0.0897. The van der Waals surface area contributed by atoms with Gasteiger partial charge in [-0.15, -0.1) is 0 Å². The van der Waals surface area contributed by atoms with Crippen molar-refractivity contribution in [3.05, 3.63) is 65.2 Å². The minimum Gasteiger partial charge on any atom is -0.330 e. The molecular formula is C17H20N2O. The van der Waals surface area contributed by atoms with Crippen LogP contribution < -0.4 is 11.1 Å². The van der Waals surface area contributed by atoms with Crippen molar-refractivity contribution >= 4 is 11.6 Å². The maximum Gasteiger partial charge on any atom is 0.255 e. The molecule has 2 aromatic carbocycles. The summed E-state index contributed by atoms with van der Waals surface area (Å²) < 4.78 is 0. The first kappa shape index (κ1) is 14.3. The highest BCUT2D eigenvalue weighted by molar-refractivity contribution is 6.04. The normalized spacial score (nSPS) is 10.3. The maximum absolute atomic E-state index is 12.2. The van der Waals surface area contributed by atoms with E-state index in [1.54, 1.807) is 0 Å². The predicted octanol–water partition coefficient (Wildman–Crippen LogP) is 3.00. The van der Waals surface area contributed by atoms with E-state index in [9.17, 15) is 4.79 Å². The van der Waals surface area contributed by atoms with Gasteiger partial charge in [-0.1, -0.05) is 31.2 Å². The molecule has 0 aliphatic carbocycles. The molecule has 0 aliphatic heterocycles. The van der Waals surface area contributed by atoms with E-state index in [4.69, 9.17) is 5.73 Å². The summed E-state index contributed by atoms with van der Waals surface area (Å²) in [7, 11) is 0. The number of aryl methyl sites for hydroxylation is 1. The molecule has 0 aromatic heterocycles. The third-order valence-corrected chi connectivity index (χ3v) is 3.24. The summed E-state index contributed by atoms with van der Waals surface area (Å²) in [6.45, 7) is 2.69. The van der Waals surface area contributed by atoms with Gasteiger partial charge in [0.15, 0.2) is 0 Å². The summed E-state index contributed by atoms with van der Waals surface area (Å²) >= 11 is 0. The number of nitrogens with two attached hydrogens (primary N) is 1. The smallest absolute Gasteiger partial charge is 0.255 e. The molecule has 3 N–H and O–H groups in total. The van der Waals surface area contributed by atoms with Crippen molar-refractivity contribution < 1.29 is 4.79 Å². The second kappa shape index (κ2) is 6.87. The standard InChI is InChI=1S/C17H20N2O/c1-2-13-6-8-16(9-7-13)19-17(20)15-5-3-4-14(12-15)10-11-18/h3-9,12H,2,10-11,18H2,1H3,(H,19,20). The van der Waals surface area contributed by atoms with Gasteiger partial charge in [-0.3, -0.25) is 4.79 Å². The van der Waals surface area contributed by atoms with Gasteiger partial charge in [-0.25, -0.2) is 0 Å². The van der Waals surface area contributed by atoms with Crippen molar-refractivity contribution in [2.24, 2.45) is 5.73 Å². The molecule has 0 bridgehead atoms.